The van der Waals surface area contributed by atoms with Crippen LogP contribution in [-0.2, 0) is 0 Å². The summed E-state index contributed by atoms with van der Waals surface area (Å²) in [5.74, 6) is 0.921. The minimum absolute atomic E-state index is 0.282. The Morgan fingerprint density at radius 3 is 3.00 bits per heavy atom. The second-order valence-corrected chi connectivity index (χ2v) is 5.77. The van der Waals surface area contributed by atoms with E-state index in [0.29, 0.717) is 17.9 Å². The van der Waals surface area contributed by atoms with Crippen LogP contribution in [0.5, 0.6) is 0 Å². The maximum atomic E-state index is 9.29. The van der Waals surface area contributed by atoms with E-state index in [1.807, 2.05) is 41.9 Å². The van der Waals surface area contributed by atoms with Crippen molar-refractivity contribution in [3.63, 3.8) is 0 Å². The summed E-state index contributed by atoms with van der Waals surface area (Å²) in [5.41, 5.74) is 1.46. The van der Waals surface area contributed by atoms with E-state index in [4.69, 9.17) is 0 Å². The van der Waals surface area contributed by atoms with Gasteiger partial charge in [0.25, 0.3) is 0 Å². The van der Waals surface area contributed by atoms with Gasteiger partial charge in [-0.3, -0.25) is 0 Å². The molecule has 0 bridgehead atoms. The summed E-state index contributed by atoms with van der Waals surface area (Å²) in [6.45, 7) is 2.81. The maximum Gasteiger partial charge on any atom is 0.144 e. The first kappa shape index (κ1) is 13.5. The zero-order valence-corrected chi connectivity index (χ0v) is 12.4. The van der Waals surface area contributed by atoms with E-state index in [2.05, 4.69) is 28.3 Å². The number of rotatable bonds is 4. The Bertz CT molecular complexity index is 790. The Balaban J connectivity index is 1.84. The molecule has 5 heteroatoms. The van der Waals surface area contributed by atoms with Gasteiger partial charge in [-0.1, -0.05) is 25.1 Å². The van der Waals surface area contributed by atoms with Crippen molar-refractivity contribution in [1.29, 1.82) is 5.26 Å². The Kier molecular flexibility index (Phi) is 3.80. The molecule has 0 fully saturated rings. The molecule has 1 atom stereocenters. The predicted octanol–water partition coefficient (Wildman–Crippen LogP) is 3.78. The minimum atomic E-state index is 0.282. The van der Waals surface area contributed by atoms with E-state index < -0.39 is 0 Å². The number of nitrogens with zero attached hydrogens (tertiary/aromatic N) is 3. The van der Waals surface area contributed by atoms with Gasteiger partial charge in [0.2, 0.25) is 0 Å². The van der Waals surface area contributed by atoms with E-state index in [9.17, 15) is 5.26 Å². The van der Waals surface area contributed by atoms with Crippen LogP contribution in [0.3, 0.4) is 0 Å². The van der Waals surface area contributed by atoms with Crippen LogP contribution in [0.25, 0.3) is 10.9 Å². The molecule has 0 radical (unpaired) electrons. The van der Waals surface area contributed by atoms with Crippen LogP contribution in [-0.4, -0.2) is 16.5 Å². The molecule has 104 valence electrons. The zero-order chi connectivity index (χ0) is 14.7. The standard InChI is InChI=1S/C16H14N4S/c1-11(16-18-6-7-21-16)10-19-15-13(9-17)8-12-4-2-3-5-14(12)20-15/h2-8,11H,10H2,1H3,(H,19,20). The number of fused-ring (bicyclic) bond motifs is 1. The highest BCUT2D eigenvalue weighted by molar-refractivity contribution is 7.09. The highest BCUT2D eigenvalue weighted by Crippen LogP contribution is 2.22. The average Bonchev–Trinajstić information content (AvgIpc) is 3.06. The third-order valence-corrected chi connectivity index (χ3v) is 4.30. The summed E-state index contributed by atoms with van der Waals surface area (Å²) < 4.78 is 0. The van der Waals surface area contributed by atoms with Gasteiger partial charge in [0.05, 0.1) is 16.1 Å². The molecule has 0 spiro atoms. The number of anilines is 1. The molecule has 0 aliphatic heterocycles. The molecule has 21 heavy (non-hydrogen) atoms. The number of hydrogen-bond acceptors (Lipinski definition) is 5. The Hall–Kier alpha value is -2.45. The normalized spacial score (nSPS) is 12.0. The van der Waals surface area contributed by atoms with Gasteiger partial charge >= 0.3 is 0 Å². The van der Waals surface area contributed by atoms with Crippen LogP contribution in [0.4, 0.5) is 5.82 Å². The van der Waals surface area contributed by atoms with Gasteiger partial charge in [-0.05, 0) is 12.1 Å². The smallest absolute Gasteiger partial charge is 0.144 e. The maximum absolute atomic E-state index is 9.29. The van der Waals surface area contributed by atoms with Gasteiger partial charge in [-0.2, -0.15) is 5.26 Å². The molecular weight excluding hydrogens is 280 g/mol. The summed E-state index contributed by atoms with van der Waals surface area (Å²) in [7, 11) is 0. The molecule has 0 aliphatic rings. The number of benzene rings is 1. The van der Waals surface area contributed by atoms with E-state index >= 15 is 0 Å². The number of pyridine rings is 1. The van der Waals surface area contributed by atoms with Gasteiger partial charge in [-0.25, -0.2) is 9.97 Å². The third kappa shape index (κ3) is 2.86. The molecule has 3 rings (SSSR count). The number of thiazole rings is 1. The van der Waals surface area contributed by atoms with Crippen molar-refractivity contribution >= 4 is 28.1 Å². The highest BCUT2D eigenvalue weighted by atomic mass is 32.1. The predicted molar refractivity (Wildman–Crippen MR) is 85.5 cm³/mol. The number of hydrogen-bond donors (Lipinski definition) is 1. The average molecular weight is 294 g/mol. The molecule has 2 heterocycles. The Morgan fingerprint density at radius 2 is 2.24 bits per heavy atom. The highest BCUT2D eigenvalue weighted by Gasteiger charge is 2.11. The lowest BCUT2D eigenvalue weighted by atomic mass is 10.1. The first-order valence-electron chi connectivity index (χ1n) is 6.71. The first-order chi connectivity index (χ1) is 10.3. The molecule has 2 aromatic heterocycles. The summed E-state index contributed by atoms with van der Waals surface area (Å²) >= 11 is 1.64. The van der Waals surface area contributed by atoms with Gasteiger partial charge in [0, 0.05) is 29.4 Å². The quantitative estimate of drug-likeness (QED) is 0.795. The zero-order valence-electron chi connectivity index (χ0n) is 11.6. The lowest BCUT2D eigenvalue weighted by Crippen LogP contribution is -2.11. The van der Waals surface area contributed by atoms with Crippen molar-refractivity contribution in [1.82, 2.24) is 9.97 Å². The van der Waals surface area contributed by atoms with Crippen molar-refractivity contribution in [2.45, 2.75) is 12.8 Å². The topological polar surface area (TPSA) is 61.6 Å². The van der Waals surface area contributed by atoms with Crippen molar-refractivity contribution in [2.75, 3.05) is 11.9 Å². The fraction of sp³-hybridized carbons (Fsp3) is 0.188. The van der Waals surface area contributed by atoms with Gasteiger partial charge in [0.15, 0.2) is 0 Å². The summed E-state index contributed by atoms with van der Waals surface area (Å²) in [4.78, 5) is 8.86. The molecule has 1 aromatic carbocycles. The summed E-state index contributed by atoms with van der Waals surface area (Å²) in [6.07, 6.45) is 1.81. The monoisotopic (exact) mass is 294 g/mol. The lowest BCUT2D eigenvalue weighted by Gasteiger charge is -2.12. The molecule has 1 unspecified atom stereocenters. The molecular formula is C16H14N4S. The number of aromatic nitrogens is 2. The van der Waals surface area contributed by atoms with Gasteiger partial charge in [0.1, 0.15) is 11.9 Å². The van der Waals surface area contributed by atoms with E-state index in [-0.39, 0.29) is 5.92 Å². The molecule has 0 amide bonds. The molecule has 0 saturated heterocycles. The van der Waals surface area contributed by atoms with Crippen molar-refractivity contribution in [2.24, 2.45) is 0 Å². The van der Waals surface area contributed by atoms with Crippen molar-refractivity contribution in [3.05, 3.63) is 52.5 Å². The Morgan fingerprint density at radius 1 is 1.38 bits per heavy atom. The van der Waals surface area contributed by atoms with Gasteiger partial charge in [-0.15, -0.1) is 11.3 Å². The van der Waals surface area contributed by atoms with Crippen molar-refractivity contribution < 1.29 is 0 Å². The fourth-order valence-corrected chi connectivity index (χ4v) is 2.85. The van der Waals surface area contributed by atoms with E-state index in [1.165, 1.54) is 0 Å². The lowest BCUT2D eigenvalue weighted by molar-refractivity contribution is 0.792. The van der Waals surface area contributed by atoms with Gasteiger partial charge < -0.3 is 5.32 Å². The summed E-state index contributed by atoms with van der Waals surface area (Å²) in [5, 5.41) is 16.6. The van der Waals surface area contributed by atoms with Crippen LogP contribution in [0.15, 0.2) is 41.9 Å². The van der Waals surface area contributed by atoms with E-state index in [1.54, 1.807) is 11.3 Å². The van der Waals surface area contributed by atoms with Crippen LogP contribution in [0, 0.1) is 11.3 Å². The SMILES string of the molecule is CC(CNc1nc2ccccc2cc1C#N)c1nccs1. The minimum Gasteiger partial charge on any atom is -0.368 e. The third-order valence-electron chi connectivity index (χ3n) is 3.29. The summed E-state index contributed by atoms with van der Waals surface area (Å²) in [6, 6.07) is 11.9. The fourth-order valence-electron chi connectivity index (χ4n) is 2.15. The number of nitrogens with one attached hydrogen (secondary N) is 1. The van der Waals surface area contributed by atoms with Crippen LogP contribution >= 0.6 is 11.3 Å². The Labute approximate surface area is 127 Å². The largest absolute Gasteiger partial charge is 0.368 e. The van der Waals surface area contributed by atoms with Crippen LogP contribution in [0.1, 0.15) is 23.4 Å². The van der Waals surface area contributed by atoms with Crippen molar-refractivity contribution in [3.8, 4) is 6.07 Å². The molecule has 0 saturated carbocycles. The first-order valence-corrected chi connectivity index (χ1v) is 7.59. The molecule has 3 aromatic rings. The molecule has 4 nitrogen and oxygen atoms in total. The molecule has 0 aliphatic carbocycles. The van der Waals surface area contributed by atoms with E-state index in [0.717, 1.165) is 15.9 Å². The van der Waals surface area contributed by atoms with Crippen LogP contribution < -0.4 is 5.32 Å². The number of para-hydroxylation sites is 1. The second kappa shape index (κ2) is 5.90. The number of nitriles is 1. The molecule has 1 N–H and O–H groups in total. The second-order valence-electron chi connectivity index (χ2n) is 4.84. The van der Waals surface area contributed by atoms with Crippen LogP contribution in [0.2, 0.25) is 0 Å².